The van der Waals surface area contributed by atoms with Crippen LogP contribution in [0.3, 0.4) is 0 Å². The SMILES string of the molecule is CCOc1ccccc1NC(=O)/C=C(\C)c1cc2c(-c3ccccc3OC)coc2cc1OC. The third-order valence-corrected chi connectivity index (χ3v) is 5.51. The Kier molecular flexibility index (Phi) is 6.87. The quantitative estimate of drug-likeness (QED) is 0.304. The van der Waals surface area contributed by atoms with Crippen LogP contribution in [-0.2, 0) is 4.79 Å². The molecule has 34 heavy (non-hydrogen) atoms. The molecule has 0 aliphatic rings. The summed E-state index contributed by atoms with van der Waals surface area (Å²) >= 11 is 0. The van der Waals surface area contributed by atoms with Crippen LogP contribution in [0.5, 0.6) is 17.2 Å². The van der Waals surface area contributed by atoms with E-state index in [0.29, 0.717) is 29.4 Å². The van der Waals surface area contributed by atoms with Crippen molar-refractivity contribution in [3.8, 4) is 28.4 Å². The van der Waals surface area contributed by atoms with E-state index in [2.05, 4.69) is 5.32 Å². The monoisotopic (exact) mass is 457 g/mol. The van der Waals surface area contributed by atoms with Gasteiger partial charge in [-0.05, 0) is 43.7 Å². The summed E-state index contributed by atoms with van der Waals surface area (Å²) in [6, 6.07) is 18.9. The number of amides is 1. The molecule has 0 unspecified atom stereocenters. The molecule has 0 saturated carbocycles. The molecule has 1 aromatic heterocycles. The van der Waals surface area contributed by atoms with Crippen LogP contribution < -0.4 is 19.5 Å². The number of anilines is 1. The second kappa shape index (κ2) is 10.2. The molecule has 0 spiro atoms. The molecule has 1 amide bonds. The van der Waals surface area contributed by atoms with Crippen LogP contribution in [0.4, 0.5) is 5.69 Å². The first kappa shape index (κ1) is 23.0. The van der Waals surface area contributed by atoms with Gasteiger partial charge in [0.25, 0.3) is 0 Å². The lowest BCUT2D eigenvalue weighted by Gasteiger charge is -2.12. The second-order valence-corrected chi connectivity index (χ2v) is 7.64. The Morgan fingerprint density at radius 3 is 2.38 bits per heavy atom. The first-order valence-corrected chi connectivity index (χ1v) is 11.0. The van der Waals surface area contributed by atoms with Gasteiger partial charge in [0.1, 0.15) is 22.8 Å². The number of methoxy groups -OCH3 is 2. The van der Waals surface area contributed by atoms with Crippen LogP contribution in [0.2, 0.25) is 0 Å². The number of hydrogen-bond acceptors (Lipinski definition) is 5. The fourth-order valence-electron chi connectivity index (χ4n) is 3.90. The number of furan rings is 1. The summed E-state index contributed by atoms with van der Waals surface area (Å²) in [5.74, 6) is 1.74. The molecule has 0 radical (unpaired) electrons. The zero-order valence-corrected chi connectivity index (χ0v) is 19.7. The number of allylic oxidation sites excluding steroid dienone is 1. The van der Waals surface area contributed by atoms with Gasteiger partial charge in [0, 0.05) is 34.2 Å². The third kappa shape index (κ3) is 4.62. The number of fused-ring (bicyclic) bond motifs is 1. The second-order valence-electron chi connectivity index (χ2n) is 7.64. The van der Waals surface area contributed by atoms with Crippen molar-refractivity contribution in [2.75, 3.05) is 26.1 Å². The predicted molar refractivity (Wildman–Crippen MR) is 135 cm³/mol. The number of benzene rings is 3. The Balaban J connectivity index is 1.71. The van der Waals surface area contributed by atoms with Crippen LogP contribution in [0.15, 0.2) is 77.4 Å². The number of hydrogen-bond donors (Lipinski definition) is 1. The first-order chi connectivity index (χ1) is 16.5. The van der Waals surface area contributed by atoms with Gasteiger partial charge in [-0.25, -0.2) is 0 Å². The van der Waals surface area contributed by atoms with E-state index in [1.807, 2.05) is 74.5 Å². The lowest BCUT2D eigenvalue weighted by Crippen LogP contribution is -2.10. The van der Waals surface area contributed by atoms with Crippen molar-refractivity contribution in [2.24, 2.45) is 0 Å². The van der Waals surface area contributed by atoms with Gasteiger partial charge in [0.2, 0.25) is 5.91 Å². The summed E-state index contributed by atoms with van der Waals surface area (Å²) in [6.07, 6.45) is 3.26. The van der Waals surface area contributed by atoms with Crippen LogP contribution >= 0.6 is 0 Å². The van der Waals surface area contributed by atoms with Gasteiger partial charge in [-0.3, -0.25) is 4.79 Å². The minimum Gasteiger partial charge on any atom is -0.496 e. The van der Waals surface area contributed by atoms with E-state index in [1.165, 1.54) is 0 Å². The van der Waals surface area contributed by atoms with E-state index in [9.17, 15) is 4.79 Å². The summed E-state index contributed by atoms with van der Waals surface area (Å²) < 4.78 is 22.6. The maximum atomic E-state index is 12.8. The molecule has 4 rings (SSSR count). The molecule has 1 heterocycles. The molecule has 0 fully saturated rings. The van der Waals surface area contributed by atoms with Crippen molar-refractivity contribution < 1.29 is 23.4 Å². The molecule has 4 aromatic rings. The lowest BCUT2D eigenvalue weighted by atomic mass is 9.98. The summed E-state index contributed by atoms with van der Waals surface area (Å²) in [5.41, 5.74) is 4.67. The first-order valence-electron chi connectivity index (χ1n) is 11.0. The average Bonchev–Trinajstić information content (AvgIpc) is 3.27. The minimum atomic E-state index is -0.260. The molecule has 6 heteroatoms. The van der Waals surface area contributed by atoms with E-state index < -0.39 is 0 Å². The molecule has 0 atom stereocenters. The van der Waals surface area contributed by atoms with Gasteiger partial charge >= 0.3 is 0 Å². The van der Waals surface area contributed by atoms with Crippen LogP contribution in [0.25, 0.3) is 27.7 Å². The van der Waals surface area contributed by atoms with E-state index in [4.69, 9.17) is 18.6 Å². The Bertz CT molecular complexity index is 1350. The number of nitrogens with one attached hydrogen (secondary N) is 1. The molecule has 3 aromatic carbocycles. The smallest absolute Gasteiger partial charge is 0.248 e. The van der Waals surface area contributed by atoms with Gasteiger partial charge in [-0.2, -0.15) is 0 Å². The normalized spacial score (nSPS) is 11.4. The number of para-hydroxylation sites is 3. The minimum absolute atomic E-state index is 0.260. The average molecular weight is 458 g/mol. The maximum Gasteiger partial charge on any atom is 0.248 e. The van der Waals surface area contributed by atoms with Gasteiger partial charge in [0.05, 0.1) is 32.8 Å². The molecular formula is C28H27NO5. The highest BCUT2D eigenvalue weighted by atomic mass is 16.5. The number of ether oxygens (including phenoxy) is 3. The molecule has 1 N–H and O–H groups in total. The molecule has 0 saturated heterocycles. The molecule has 174 valence electrons. The molecule has 0 bridgehead atoms. The lowest BCUT2D eigenvalue weighted by molar-refractivity contribution is -0.111. The summed E-state index contributed by atoms with van der Waals surface area (Å²) in [7, 11) is 3.24. The van der Waals surface area contributed by atoms with Crippen LogP contribution in [0, 0.1) is 0 Å². The van der Waals surface area contributed by atoms with E-state index in [-0.39, 0.29) is 5.91 Å². The van der Waals surface area contributed by atoms with Crippen molar-refractivity contribution in [1.29, 1.82) is 0 Å². The Hall–Kier alpha value is -4.19. The topological polar surface area (TPSA) is 69.9 Å². The van der Waals surface area contributed by atoms with Gasteiger partial charge in [-0.1, -0.05) is 30.3 Å². The van der Waals surface area contributed by atoms with Crippen molar-refractivity contribution >= 4 is 28.1 Å². The third-order valence-electron chi connectivity index (χ3n) is 5.51. The number of carbonyl (C=O) groups is 1. The van der Waals surface area contributed by atoms with E-state index in [0.717, 1.165) is 33.4 Å². The van der Waals surface area contributed by atoms with Gasteiger partial charge in [0.15, 0.2) is 0 Å². The molecule has 0 aliphatic heterocycles. The molecule has 6 nitrogen and oxygen atoms in total. The van der Waals surface area contributed by atoms with Crippen molar-refractivity contribution in [2.45, 2.75) is 13.8 Å². The molecule has 0 aliphatic carbocycles. The van der Waals surface area contributed by atoms with E-state index in [1.54, 1.807) is 26.6 Å². The largest absolute Gasteiger partial charge is 0.496 e. The Morgan fingerprint density at radius 1 is 0.941 bits per heavy atom. The Morgan fingerprint density at radius 2 is 1.65 bits per heavy atom. The summed E-state index contributed by atoms with van der Waals surface area (Å²) in [4.78, 5) is 12.8. The highest BCUT2D eigenvalue weighted by Gasteiger charge is 2.17. The van der Waals surface area contributed by atoms with Gasteiger partial charge in [-0.15, -0.1) is 0 Å². The number of carbonyl (C=O) groups excluding carboxylic acids is 1. The maximum absolute atomic E-state index is 12.8. The highest BCUT2D eigenvalue weighted by Crippen LogP contribution is 2.40. The van der Waals surface area contributed by atoms with Crippen LogP contribution in [-0.4, -0.2) is 26.7 Å². The zero-order chi connectivity index (χ0) is 24.1. The Labute approximate surface area is 198 Å². The standard InChI is InChI=1S/C28H27NO5/c1-5-33-25-13-9-7-11-23(25)29-28(30)14-18(2)20-15-21-22(17-34-27(21)16-26(20)32-4)19-10-6-8-12-24(19)31-3/h6-17H,5H2,1-4H3,(H,29,30)/b18-14+. The number of rotatable bonds is 8. The fraction of sp³-hybridized carbons (Fsp3) is 0.179. The van der Waals surface area contributed by atoms with Crippen molar-refractivity contribution in [3.05, 3.63) is 78.6 Å². The summed E-state index contributed by atoms with van der Waals surface area (Å²) in [5, 5.41) is 3.80. The highest BCUT2D eigenvalue weighted by molar-refractivity contribution is 6.06. The van der Waals surface area contributed by atoms with Crippen molar-refractivity contribution in [1.82, 2.24) is 0 Å². The zero-order valence-electron chi connectivity index (χ0n) is 19.7. The summed E-state index contributed by atoms with van der Waals surface area (Å²) in [6.45, 7) is 4.29. The van der Waals surface area contributed by atoms with Crippen molar-refractivity contribution in [3.63, 3.8) is 0 Å². The van der Waals surface area contributed by atoms with Gasteiger partial charge < -0.3 is 23.9 Å². The predicted octanol–water partition coefficient (Wildman–Crippen LogP) is 6.56. The van der Waals surface area contributed by atoms with E-state index >= 15 is 0 Å². The van der Waals surface area contributed by atoms with Crippen LogP contribution in [0.1, 0.15) is 19.4 Å². The molecular weight excluding hydrogens is 430 g/mol. The fourth-order valence-corrected chi connectivity index (χ4v) is 3.90.